The third kappa shape index (κ3) is 2.48. The number of aromatic nitrogens is 1. The maximum atomic E-state index is 11.5. The predicted octanol–water partition coefficient (Wildman–Crippen LogP) is 2.94. The summed E-state index contributed by atoms with van der Waals surface area (Å²) in [7, 11) is 1.32. The molecule has 17 heavy (non-hydrogen) atoms. The number of ether oxygens (including phenoxy) is 1. The molecule has 2 aromatic rings. The molecule has 1 aromatic carbocycles. The molecule has 1 aromatic heterocycles. The third-order valence-corrected chi connectivity index (χ3v) is 3.59. The van der Waals surface area contributed by atoms with Gasteiger partial charge in [-0.3, -0.25) is 0 Å². The van der Waals surface area contributed by atoms with E-state index in [2.05, 4.69) is 25.7 Å². The van der Waals surface area contributed by atoms with Crippen molar-refractivity contribution >= 4 is 38.4 Å². The van der Waals surface area contributed by atoms with E-state index < -0.39 is 5.97 Å². The fraction of sp³-hybridized carbons (Fsp3) is 0.0909. The number of rotatable bonds is 2. The Hall–Kier alpha value is -1.40. The molecule has 2 rings (SSSR count). The summed E-state index contributed by atoms with van der Waals surface area (Å²) in [6.07, 6.45) is 0. The largest absolute Gasteiger partial charge is 0.464 e. The fourth-order valence-electron chi connectivity index (χ4n) is 1.37. The molecule has 0 spiro atoms. The number of halogens is 1. The first-order valence-corrected chi connectivity index (χ1v) is 6.33. The molecule has 0 atom stereocenters. The van der Waals surface area contributed by atoms with Gasteiger partial charge in [0.15, 0.2) is 10.8 Å². The van der Waals surface area contributed by atoms with Crippen LogP contribution in [-0.2, 0) is 4.74 Å². The van der Waals surface area contributed by atoms with Crippen molar-refractivity contribution in [2.75, 3.05) is 12.8 Å². The van der Waals surface area contributed by atoms with E-state index >= 15 is 0 Å². The Kier molecular flexibility index (Phi) is 3.44. The highest BCUT2D eigenvalue weighted by Gasteiger charge is 2.18. The molecule has 2 N–H and O–H groups in total. The summed E-state index contributed by atoms with van der Waals surface area (Å²) < 4.78 is 5.65. The lowest BCUT2D eigenvalue weighted by Gasteiger charge is -2.00. The molecule has 88 valence electrons. The Morgan fingerprint density at radius 3 is 2.65 bits per heavy atom. The van der Waals surface area contributed by atoms with Gasteiger partial charge in [0, 0.05) is 4.47 Å². The van der Waals surface area contributed by atoms with Crippen LogP contribution in [0.4, 0.5) is 5.13 Å². The molecule has 0 saturated heterocycles. The molecule has 0 unspecified atom stereocenters. The van der Waals surface area contributed by atoms with Crippen molar-refractivity contribution in [3.05, 3.63) is 34.4 Å². The number of nitrogens with zero attached hydrogens (tertiary/aromatic N) is 1. The Morgan fingerprint density at radius 2 is 2.06 bits per heavy atom. The second kappa shape index (κ2) is 4.85. The van der Waals surface area contributed by atoms with Crippen LogP contribution in [0.5, 0.6) is 0 Å². The van der Waals surface area contributed by atoms with Crippen molar-refractivity contribution < 1.29 is 9.53 Å². The minimum atomic E-state index is -0.476. The van der Waals surface area contributed by atoms with Gasteiger partial charge in [-0.25, -0.2) is 9.78 Å². The van der Waals surface area contributed by atoms with Gasteiger partial charge in [-0.05, 0) is 17.7 Å². The summed E-state index contributed by atoms with van der Waals surface area (Å²) >= 11 is 4.62. The number of thiazole rings is 1. The zero-order valence-electron chi connectivity index (χ0n) is 8.94. The number of carbonyl (C=O) groups is 1. The monoisotopic (exact) mass is 312 g/mol. The first-order chi connectivity index (χ1) is 8.11. The summed E-state index contributed by atoms with van der Waals surface area (Å²) in [5.74, 6) is -0.476. The average molecular weight is 313 g/mol. The van der Waals surface area contributed by atoms with Gasteiger partial charge in [-0.15, -0.1) is 0 Å². The summed E-state index contributed by atoms with van der Waals surface area (Å²) in [5.41, 5.74) is 6.78. The molecule has 0 amide bonds. The zero-order valence-corrected chi connectivity index (χ0v) is 11.3. The van der Waals surface area contributed by atoms with E-state index in [1.807, 2.05) is 24.3 Å². The van der Waals surface area contributed by atoms with Crippen LogP contribution in [0, 0.1) is 0 Å². The Morgan fingerprint density at radius 1 is 1.41 bits per heavy atom. The van der Waals surface area contributed by atoms with Gasteiger partial charge < -0.3 is 10.5 Å². The number of benzene rings is 1. The minimum absolute atomic E-state index is 0.261. The molecule has 0 radical (unpaired) electrons. The molecule has 4 nitrogen and oxygen atoms in total. The van der Waals surface area contributed by atoms with Crippen molar-refractivity contribution in [1.29, 1.82) is 0 Å². The number of esters is 1. The smallest absolute Gasteiger partial charge is 0.358 e. The van der Waals surface area contributed by atoms with Gasteiger partial charge in [0.05, 0.1) is 12.0 Å². The second-order valence-electron chi connectivity index (χ2n) is 3.23. The summed E-state index contributed by atoms with van der Waals surface area (Å²) in [5, 5.41) is 0.350. The molecule has 0 aliphatic heterocycles. The highest BCUT2D eigenvalue weighted by molar-refractivity contribution is 9.10. The van der Waals surface area contributed by atoms with E-state index in [0.717, 1.165) is 14.9 Å². The first kappa shape index (κ1) is 12.1. The molecule has 6 heteroatoms. The fourth-order valence-corrected chi connectivity index (χ4v) is 2.46. The molecule has 0 fully saturated rings. The van der Waals surface area contributed by atoms with Crippen LogP contribution in [-0.4, -0.2) is 18.1 Å². The predicted molar refractivity (Wildman–Crippen MR) is 71.0 cm³/mol. The van der Waals surface area contributed by atoms with Crippen molar-refractivity contribution in [1.82, 2.24) is 4.98 Å². The quantitative estimate of drug-likeness (QED) is 0.866. The molecular weight excluding hydrogens is 304 g/mol. The number of anilines is 1. The molecule has 1 heterocycles. The Labute approximate surface area is 111 Å². The highest BCUT2D eigenvalue weighted by Crippen LogP contribution is 2.32. The van der Waals surface area contributed by atoms with Gasteiger partial charge in [-0.1, -0.05) is 39.4 Å². The van der Waals surface area contributed by atoms with Crippen molar-refractivity contribution in [3.63, 3.8) is 0 Å². The lowest BCUT2D eigenvalue weighted by atomic mass is 10.1. The van der Waals surface area contributed by atoms with E-state index in [-0.39, 0.29) is 5.69 Å². The van der Waals surface area contributed by atoms with E-state index in [4.69, 9.17) is 5.73 Å². The van der Waals surface area contributed by atoms with Crippen LogP contribution in [0.15, 0.2) is 28.7 Å². The number of nitrogens with two attached hydrogens (primary N) is 1. The van der Waals surface area contributed by atoms with Crippen molar-refractivity contribution in [2.24, 2.45) is 0 Å². The van der Waals surface area contributed by atoms with Gasteiger partial charge >= 0.3 is 5.97 Å². The number of carbonyl (C=O) groups excluding carboxylic acids is 1. The number of hydrogen-bond acceptors (Lipinski definition) is 5. The minimum Gasteiger partial charge on any atom is -0.464 e. The van der Waals surface area contributed by atoms with Crippen molar-refractivity contribution in [3.8, 4) is 10.4 Å². The first-order valence-electron chi connectivity index (χ1n) is 4.72. The normalized spacial score (nSPS) is 10.2. The van der Waals surface area contributed by atoms with Crippen LogP contribution in [0.3, 0.4) is 0 Å². The number of hydrogen-bond donors (Lipinski definition) is 1. The number of methoxy groups -OCH3 is 1. The SMILES string of the molecule is COC(=O)c1nc(N)sc1-c1ccc(Br)cc1. The molecular formula is C11H9BrN2O2S. The third-order valence-electron chi connectivity index (χ3n) is 2.13. The van der Waals surface area contributed by atoms with Gasteiger partial charge in [0.25, 0.3) is 0 Å². The molecule has 0 aliphatic carbocycles. The van der Waals surface area contributed by atoms with E-state index in [0.29, 0.717) is 5.13 Å². The van der Waals surface area contributed by atoms with Crippen molar-refractivity contribution in [2.45, 2.75) is 0 Å². The Balaban J connectivity index is 2.51. The average Bonchev–Trinajstić information content (AvgIpc) is 2.71. The molecule has 0 bridgehead atoms. The lowest BCUT2D eigenvalue weighted by molar-refractivity contribution is 0.0596. The van der Waals surface area contributed by atoms with Crippen LogP contribution < -0.4 is 5.73 Å². The van der Waals surface area contributed by atoms with Crippen LogP contribution in [0.2, 0.25) is 0 Å². The van der Waals surface area contributed by atoms with E-state index in [1.54, 1.807) is 0 Å². The highest BCUT2D eigenvalue weighted by atomic mass is 79.9. The standard InChI is InChI=1S/C11H9BrN2O2S/c1-16-10(15)8-9(17-11(13)14-8)6-2-4-7(12)5-3-6/h2-5H,1H3,(H2,13,14). The van der Waals surface area contributed by atoms with Gasteiger partial charge in [0.2, 0.25) is 0 Å². The maximum Gasteiger partial charge on any atom is 0.358 e. The molecule has 0 aliphatic rings. The Bertz CT molecular complexity index is 551. The lowest BCUT2D eigenvalue weighted by Crippen LogP contribution is -2.03. The van der Waals surface area contributed by atoms with Crippen LogP contribution in [0.25, 0.3) is 10.4 Å². The summed E-state index contributed by atoms with van der Waals surface area (Å²) in [6, 6.07) is 7.57. The van der Waals surface area contributed by atoms with Gasteiger partial charge in [0.1, 0.15) is 0 Å². The van der Waals surface area contributed by atoms with Crippen LogP contribution in [0.1, 0.15) is 10.5 Å². The van der Waals surface area contributed by atoms with E-state index in [1.165, 1.54) is 18.4 Å². The second-order valence-corrected chi connectivity index (χ2v) is 5.17. The summed E-state index contributed by atoms with van der Waals surface area (Å²) in [4.78, 5) is 16.3. The molecule has 0 saturated carbocycles. The van der Waals surface area contributed by atoms with Crippen LogP contribution >= 0.6 is 27.3 Å². The maximum absolute atomic E-state index is 11.5. The zero-order chi connectivity index (χ0) is 12.4. The topological polar surface area (TPSA) is 65.2 Å². The van der Waals surface area contributed by atoms with E-state index in [9.17, 15) is 4.79 Å². The summed E-state index contributed by atoms with van der Waals surface area (Å²) in [6.45, 7) is 0. The van der Waals surface area contributed by atoms with Gasteiger partial charge in [-0.2, -0.15) is 0 Å². The number of nitrogen functional groups attached to an aromatic ring is 1.